The van der Waals surface area contributed by atoms with Gasteiger partial charge in [-0.05, 0) is 12.1 Å². The number of benzene rings is 2. The van der Waals surface area contributed by atoms with Crippen LogP contribution in [0.5, 0.6) is 11.5 Å². The van der Waals surface area contributed by atoms with Gasteiger partial charge in [-0.1, -0.05) is 64.1 Å². The Morgan fingerprint density at radius 3 is 1.86 bits per heavy atom. The van der Waals surface area contributed by atoms with Gasteiger partial charge in [-0.3, -0.25) is 0 Å². The Bertz CT molecular complexity index is 700. The van der Waals surface area contributed by atoms with Crippen LogP contribution in [0.3, 0.4) is 0 Å². The molecule has 0 bridgehead atoms. The molecule has 2 nitrogen and oxygen atoms in total. The van der Waals surface area contributed by atoms with Crippen LogP contribution in [-0.2, 0) is 0 Å². The molecule has 7 heteroatoms. The Morgan fingerprint density at radius 2 is 1.33 bits per heavy atom. The molecule has 21 heavy (non-hydrogen) atoms. The Morgan fingerprint density at radius 1 is 0.762 bits per heavy atom. The van der Waals surface area contributed by atoms with Gasteiger partial charge in [-0.15, -0.1) is 0 Å². The van der Waals surface area contributed by atoms with Gasteiger partial charge < -0.3 is 9.47 Å². The van der Waals surface area contributed by atoms with Crippen LogP contribution in [0.15, 0.2) is 18.2 Å². The molecule has 2 aromatic rings. The van der Waals surface area contributed by atoms with Gasteiger partial charge in [0.2, 0.25) is 0 Å². The van der Waals surface area contributed by atoms with Gasteiger partial charge >= 0.3 is 0 Å². The molecule has 0 saturated heterocycles. The van der Waals surface area contributed by atoms with Gasteiger partial charge in [0.1, 0.15) is 5.02 Å². The van der Waals surface area contributed by atoms with Gasteiger partial charge in [0.15, 0.2) is 11.5 Å². The minimum atomic E-state index is 0.196. The maximum absolute atomic E-state index is 6.38. The SMILES string of the molecule is COc1c(Cl)c(Cl)c(-c2ccc(Cl)cc2Cl)c(Cl)c1OC. The summed E-state index contributed by atoms with van der Waals surface area (Å²) in [6, 6.07) is 4.98. The summed E-state index contributed by atoms with van der Waals surface area (Å²) < 4.78 is 10.4. The van der Waals surface area contributed by atoms with Crippen molar-refractivity contribution in [2.45, 2.75) is 0 Å². The molecular weight excluding hydrogens is 377 g/mol. The van der Waals surface area contributed by atoms with Crippen LogP contribution >= 0.6 is 58.0 Å². The van der Waals surface area contributed by atoms with Gasteiger partial charge in [0.05, 0.1) is 24.3 Å². The van der Waals surface area contributed by atoms with Crippen molar-refractivity contribution >= 4 is 58.0 Å². The van der Waals surface area contributed by atoms with Crippen molar-refractivity contribution in [3.05, 3.63) is 43.3 Å². The van der Waals surface area contributed by atoms with Crippen LogP contribution in [0.1, 0.15) is 0 Å². The first-order valence-electron chi connectivity index (χ1n) is 5.66. The third kappa shape index (κ3) is 3.01. The molecule has 0 fully saturated rings. The van der Waals surface area contributed by atoms with E-state index in [2.05, 4.69) is 0 Å². The van der Waals surface area contributed by atoms with Crippen LogP contribution < -0.4 is 9.47 Å². The normalized spacial score (nSPS) is 10.6. The fourth-order valence-corrected chi connectivity index (χ4v) is 3.36. The quantitative estimate of drug-likeness (QED) is 0.551. The molecule has 0 aromatic heterocycles. The summed E-state index contributed by atoms with van der Waals surface area (Å²) in [6.45, 7) is 0. The van der Waals surface area contributed by atoms with E-state index in [1.807, 2.05) is 0 Å². The second-order valence-electron chi connectivity index (χ2n) is 4.01. The number of hydrogen-bond acceptors (Lipinski definition) is 2. The first kappa shape index (κ1) is 16.9. The molecule has 0 atom stereocenters. The number of halogens is 5. The van der Waals surface area contributed by atoms with Crippen LogP contribution in [0, 0.1) is 0 Å². The maximum atomic E-state index is 6.38. The Hall–Kier alpha value is -0.510. The van der Waals surface area contributed by atoms with Crippen molar-refractivity contribution in [2.75, 3.05) is 14.2 Å². The maximum Gasteiger partial charge on any atom is 0.182 e. The van der Waals surface area contributed by atoms with Crippen molar-refractivity contribution in [3.8, 4) is 22.6 Å². The molecule has 2 rings (SSSR count). The van der Waals surface area contributed by atoms with Gasteiger partial charge in [0.25, 0.3) is 0 Å². The number of methoxy groups -OCH3 is 2. The Kier molecular flexibility index (Phi) is 5.39. The van der Waals surface area contributed by atoms with Crippen molar-refractivity contribution in [3.63, 3.8) is 0 Å². The first-order valence-corrected chi connectivity index (χ1v) is 7.55. The van der Waals surface area contributed by atoms with Crippen molar-refractivity contribution in [2.24, 2.45) is 0 Å². The van der Waals surface area contributed by atoms with Crippen LogP contribution in [-0.4, -0.2) is 14.2 Å². The van der Waals surface area contributed by atoms with Crippen LogP contribution in [0.2, 0.25) is 25.1 Å². The van der Waals surface area contributed by atoms with E-state index in [4.69, 9.17) is 67.5 Å². The van der Waals surface area contributed by atoms with E-state index in [1.165, 1.54) is 14.2 Å². The zero-order valence-electron chi connectivity index (χ0n) is 10.9. The molecule has 112 valence electrons. The molecule has 0 unspecified atom stereocenters. The van der Waals surface area contributed by atoms with E-state index in [-0.39, 0.29) is 26.6 Å². The summed E-state index contributed by atoms with van der Waals surface area (Å²) in [4.78, 5) is 0. The number of ether oxygens (including phenoxy) is 2. The highest BCUT2D eigenvalue weighted by molar-refractivity contribution is 6.48. The topological polar surface area (TPSA) is 18.5 Å². The lowest BCUT2D eigenvalue weighted by atomic mass is 10.0. The minimum Gasteiger partial charge on any atom is -0.491 e. The largest absolute Gasteiger partial charge is 0.491 e. The van der Waals surface area contributed by atoms with Crippen LogP contribution in [0.4, 0.5) is 0 Å². The minimum absolute atomic E-state index is 0.196. The molecule has 0 aliphatic rings. The third-order valence-corrected chi connectivity index (χ3v) is 4.59. The number of hydrogen-bond donors (Lipinski definition) is 0. The zero-order valence-corrected chi connectivity index (χ0v) is 14.7. The molecule has 0 heterocycles. The zero-order chi connectivity index (χ0) is 15.7. The van der Waals surface area contributed by atoms with E-state index < -0.39 is 0 Å². The predicted molar refractivity (Wildman–Crippen MR) is 90.0 cm³/mol. The first-order chi connectivity index (χ1) is 9.92. The van der Waals surface area contributed by atoms with Gasteiger partial charge in [-0.25, -0.2) is 0 Å². The lowest BCUT2D eigenvalue weighted by Gasteiger charge is -2.17. The van der Waals surface area contributed by atoms with Crippen molar-refractivity contribution in [1.29, 1.82) is 0 Å². The molecule has 0 spiro atoms. The van der Waals surface area contributed by atoms with Crippen molar-refractivity contribution in [1.82, 2.24) is 0 Å². The lowest BCUT2D eigenvalue weighted by molar-refractivity contribution is 0.355. The van der Waals surface area contributed by atoms with Gasteiger partial charge in [0, 0.05) is 21.2 Å². The summed E-state index contributed by atoms with van der Waals surface area (Å²) in [5, 5.41) is 1.58. The summed E-state index contributed by atoms with van der Waals surface area (Å²) in [7, 11) is 2.91. The molecule has 0 saturated carbocycles. The smallest absolute Gasteiger partial charge is 0.182 e. The standard InChI is InChI=1S/C14H9Cl5O2/c1-20-13-11(18)9(10(17)12(19)14(13)21-2)7-4-3-6(15)5-8(7)16/h3-5H,1-2H3. The van der Waals surface area contributed by atoms with E-state index >= 15 is 0 Å². The summed E-state index contributed by atoms with van der Waals surface area (Å²) in [5.74, 6) is 0.553. The Labute approximate surface area is 147 Å². The van der Waals surface area contributed by atoms with Crippen LogP contribution in [0.25, 0.3) is 11.1 Å². The van der Waals surface area contributed by atoms with Crippen molar-refractivity contribution < 1.29 is 9.47 Å². The second-order valence-corrected chi connectivity index (χ2v) is 5.99. The molecule has 0 aliphatic heterocycles. The molecule has 0 radical (unpaired) electrons. The van der Waals surface area contributed by atoms with E-state index in [0.29, 0.717) is 21.2 Å². The summed E-state index contributed by atoms with van der Waals surface area (Å²) in [5.41, 5.74) is 1.06. The van der Waals surface area contributed by atoms with E-state index in [1.54, 1.807) is 18.2 Å². The third-order valence-electron chi connectivity index (χ3n) is 2.85. The summed E-state index contributed by atoms with van der Waals surface area (Å²) >= 11 is 31.0. The monoisotopic (exact) mass is 384 g/mol. The average Bonchev–Trinajstić information content (AvgIpc) is 2.44. The molecule has 0 aliphatic carbocycles. The average molecular weight is 386 g/mol. The summed E-state index contributed by atoms with van der Waals surface area (Å²) in [6.07, 6.45) is 0. The van der Waals surface area contributed by atoms with Gasteiger partial charge in [-0.2, -0.15) is 0 Å². The molecular formula is C14H9Cl5O2. The Balaban J connectivity index is 2.83. The molecule has 0 amide bonds. The predicted octanol–water partition coefficient (Wildman–Crippen LogP) is 6.64. The van der Waals surface area contributed by atoms with E-state index in [0.717, 1.165) is 0 Å². The number of rotatable bonds is 3. The fourth-order valence-electron chi connectivity index (χ4n) is 1.91. The molecule has 2 aromatic carbocycles. The second kappa shape index (κ2) is 6.72. The highest BCUT2D eigenvalue weighted by atomic mass is 35.5. The highest BCUT2D eigenvalue weighted by Crippen LogP contribution is 2.52. The fraction of sp³-hybridized carbons (Fsp3) is 0.143. The lowest BCUT2D eigenvalue weighted by Crippen LogP contribution is -1.96. The van der Waals surface area contributed by atoms with E-state index in [9.17, 15) is 0 Å². The molecule has 0 N–H and O–H groups in total. The highest BCUT2D eigenvalue weighted by Gasteiger charge is 2.25.